The lowest BCUT2D eigenvalue weighted by Gasteiger charge is -2.05. The fraction of sp³-hybridized carbons (Fsp3) is 0.100. The molecule has 0 N–H and O–H groups in total. The zero-order chi connectivity index (χ0) is 10.7. The van der Waals surface area contributed by atoms with Crippen molar-refractivity contribution in [3.05, 3.63) is 41.0 Å². The van der Waals surface area contributed by atoms with E-state index in [1.807, 2.05) is 13.0 Å². The number of pyridine rings is 1. The van der Waals surface area contributed by atoms with Gasteiger partial charge in [0.05, 0.1) is 10.7 Å². The minimum Gasteiger partial charge on any atom is -0.436 e. The Kier molecular flexibility index (Phi) is 2.91. The molecule has 2 heterocycles. The van der Waals surface area contributed by atoms with E-state index in [-0.39, 0.29) is 0 Å². The van der Waals surface area contributed by atoms with Gasteiger partial charge in [-0.05, 0) is 35.0 Å². The summed E-state index contributed by atoms with van der Waals surface area (Å²) >= 11 is 3.32. The van der Waals surface area contributed by atoms with Crippen molar-refractivity contribution in [1.82, 2.24) is 15.0 Å². The molecule has 15 heavy (non-hydrogen) atoms. The maximum atomic E-state index is 5.53. The molecule has 4 nitrogen and oxygen atoms in total. The minimum atomic E-state index is 0.496. The number of aryl methyl sites for hydroxylation is 1. The molecule has 0 fully saturated rings. The number of nitrogens with zero attached hydrogens (tertiary/aromatic N) is 3. The first-order valence-electron chi connectivity index (χ1n) is 4.33. The van der Waals surface area contributed by atoms with Crippen LogP contribution in [0.2, 0.25) is 0 Å². The van der Waals surface area contributed by atoms with Crippen LogP contribution in [0.15, 0.2) is 35.2 Å². The molecular weight excluding hydrogens is 258 g/mol. The fourth-order valence-electron chi connectivity index (χ4n) is 1.03. The van der Waals surface area contributed by atoms with Gasteiger partial charge in [-0.3, -0.25) is 4.98 Å². The van der Waals surface area contributed by atoms with E-state index >= 15 is 0 Å². The lowest BCUT2D eigenvalue weighted by atomic mass is 10.5. The lowest BCUT2D eigenvalue weighted by Crippen LogP contribution is -1.93. The third-order valence-electron chi connectivity index (χ3n) is 1.68. The van der Waals surface area contributed by atoms with Crippen molar-refractivity contribution < 1.29 is 4.74 Å². The second-order valence-corrected chi connectivity index (χ2v) is 3.72. The molecule has 2 aromatic rings. The van der Waals surface area contributed by atoms with Gasteiger partial charge >= 0.3 is 0 Å². The summed E-state index contributed by atoms with van der Waals surface area (Å²) in [7, 11) is 0. The summed E-state index contributed by atoms with van der Waals surface area (Å²) in [5.74, 6) is 1.81. The summed E-state index contributed by atoms with van der Waals surface area (Å²) in [4.78, 5) is 12.1. The molecule has 0 unspecified atom stereocenters. The van der Waals surface area contributed by atoms with Crippen molar-refractivity contribution in [1.29, 1.82) is 0 Å². The molecule has 0 spiro atoms. The van der Waals surface area contributed by atoms with Crippen LogP contribution in [0.1, 0.15) is 5.82 Å². The highest BCUT2D eigenvalue weighted by Crippen LogP contribution is 2.25. The summed E-state index contributed by atoms with van der Waals surface area (Å²) in [6.07, 6.45) is 4.98. The van der Waals surface area contributed by atoms with E-state index in [1.165, 1.54) is 0 Å². The first kappa shape index (κ1) is 10.0. The van der Waals surface area contributed by atoms with Gasteiger partial charge in [0.25, 0.3) is 0 Å². The zero-order valence-electron chi connectivity index (χ0n) is 8.01. The number of hydrogen-bond acceptors (Lipinski definition) is 4. The standard InChI is InChI=1S/C10H8BrN3O/c1-7-13-6-9(11)10(14-7)15-8-3-2-4-12-5-8/h2-6H,1H3. The topological polar surface area (TPSA) is 47.9 Å². The van der Waals surface area contributed by atoms with Crippen molar-refractivity contribution >= 4 is 15.9 Å². The van der Waals surface area contributed by atoms with Crippen LogP contribution in [0.3, 0.4) is 0 Å². The van der Waals surface area contributed by atoms with E-state index in [1.54, 1.807) is 24.7 Å². The Morgan fingerprint density at radius 1 is 1.33 bits per heavy atom. The quantitative estimate of drug-likeness (QED) is 0.838. The molecule has 0 saturated carbocycles. The molecular formula is C10H8BrN3O. The molecule has 0 radical (unpaired) electrons. The summed E-state index contributed by atoms with van der Waals surface area (Å²) in [5.41, 5.74) is 0. The highest BCUT2D eigenvalue weighted by Gasteiger charge is 2.05. The smallest absolute Gasteiger partial charge is 0.237 e. The van der Waals surface area contributed by atoms with Crippen LogP contribution in [-0.4, -0.2) is 15.0 Å². The van der Waals surface area contributed by atoms with Crippen LogP contribution in [0.5, 0.6) is 11.6 Å². The molecule has 0 aliphatic rings. The normalized spacial score (nSPS) is 10.0. The Morgan fingerprint density at radius 3 is 2.93 bits per heavy atom. The Bertz CT molecular complexity index is 461. The van der Waals surface area contributed by atoms with Gasteiger partial charge in [-0.1, -0.05) is 0 Å². The summed E-state index contributed by atoms with van der Waals surface area (Å²) in [6, 6.07) is 3.62. The summed E-state index contributed by atoms with van der Waals surface area (Å²) < 4.78 is 6.25. The predicted molar refractivity (Wildman–Crippen MR) is 58.8 cm³/mol. The van der Waals surface area contributed by atoms with Gasteiger partial charge in [0.2, 0.25) is 5.88 Å². The average molecular weight is 266 g/mol. The monoisotopic (exact) mass is 265 g/mol. The number of rotatable bonds is 2. The van der Waals surface area contributed by atoms with Crippen molar-refractivity contribution in [3.63, 3.8) is 0 Å². The molecule has 0 saturated heterocycles. The highest BCUT2D eigenvalue weighted by atomic mass is 79.9. The Hall–Kier alpha value is -1.49. The Balaban J connectivity index is 2.28. The van der Waals surface area contributed by atoms with Crippen molar-refractivity contribution in [2.24, 2.45) is 0 Å². The number of halogens is 1. The molecule has 2 aromatic heterocycles. The van der Waals surface area contributed by atoms with Crippen molar-refractivity contribution in [2.45, 2.75) is 6.92 Å². The fourth-order valence-corrected chi connectivity index (χ4v) is 1.30. The second-order valence-electron chi connectivity index (χ2n) is 2.86. The summed E-state index contributed by atoms with van der Waals surface area (Å²) in [5, 5.41) is 0. The van der Waals surface area contributed by atoms with Crippen LogP contribution >= 0.6 is 15.9 Å². The van der Waals surface area contributed by atoms with Gasteiger partial charge in [0.1, 0.15) is 11.6 Å². The SMILES string of the molecule is Cc1ncc(Br)c(Oc2cccnc2)n1. The Morgan fingerprint density at radius 2 is 2.20 bits per heavy atom. The highest BCUT2D eigenvalue weighted by molar-refractivity contribution is 9.10. The van der Waals surface area contributed by atoms with E-state index < -0.39 is 0 Å². The molecule has 2 rings (SSSR count). The molecule has 5 heteroatoms. The minimum absolute atomic E-state index is 0.496. The lowest BCUT2D eigenvalue weighted by molar-refractivity contribution is 0.454. The first-order valence-corrected chi connectivity index (χ1v) is 5.12. The van der Waals surface area contributed by atoms with E-state index in [2.05, 4.69) is 30.9 Å². The predicted octanol–water partition coefficient (Wildman–Crippen LogP) is 2.73. The largest absolute Gasteiger partial charge is 0.436 e. The van der Waals surface area contributed by atoms with Gasteiger partial charge in [0.15, 0.2) is 0 Å². The summed E-state index contributed by atoms with van der Waals surface area (Å²) in [6.45, 7) is 1.81. The molecule has 0 aliphatic carbocycles. The maximum absolute atomic E-state index is 5.53. The van der Waals surface area contributed by atoms with E-state index in [4.69, 9.17) is 4.74 Å². The zero-order valence-corrected chi connectivity index (χ0v) is 9.60. The molecule has 0 aliphatic heterocycles. The number of hydrogen-bond donors (Lipinski definition) is 0. The number of aromatic nitrogens is 3. The van der Waals surface area contributed by atoms with Gasteiger partial charge in [-0.2, -0.15) is 4.98 Å². The van der Waals surface area contributed by atoms with Crippen LogP contribution in [0.4, 0.5) is 0 Å². The molecule has 0 aromatic carbocycles. The van der Waals surface area contributed by atoms with Crippen LogP contribution in [0, 0.1) is 6.92 Å². The van der Waals surface area contributed by atoms with Crippen LogP contribution in [0.25, 0.3) is 0 Å². The van der Waals surface area contributed by atoms with Crippen molar-refractivity contribution in [3.8, 4) is 11.6 Å². The van der Waals surface area contributed by atoms with Crippen LogP contribution in [-0.2, 0) is 0 Å². The van der Waals surface area contributed by atoms with Crippen molar-refractivity contribution in [2.75, 3.05) is 0 Å². The van der Waals surface area contributed by atoms with E-state index in [0.717, 1.165) is 4.47 Å². The first-order chi connectivity index (χ1) is 7.25. The van der Waals surface area contributed by atoms with E-state index in [9.17, 15) is 0 Å². The third kappa shape index (κ3) is 2.50. The maximum Gasteiger partial charge on any atom is 0.237 e. The van der Waals surface area contributed by atoms with Gasteiger partial charge in [-0.25, -0.2) is 4.98 Å². The molecule has 0 amide bonds. The van der Waals surface area contributed by atoms with Gasteiger partial charge < -0.3 is 4.74 Å². The Labute approximate surface area is 95.5 Å². The average Bonchev–Trinajstić information content (AvgIpc) is 2.25. The molecule has 0 atom stereocenters. The van der Waals surface area contributed by atoms with Gasteiger partial charge in [-0.15, -0.1) is 0 Å². The molecule has 76 valence electrons. The van der Waals surface area contributed by atoms with Crippen LogP contribution < -0.4 is 4.74 Å². The molecule has 0 bridgehead atoms. The van der Waals surface area contributed by atoms with Gasteiger partial charge in [0, 0.05) is 12.4 Å². The third-order valence-corrected chi connectivity index (χ3v) is 2.23. The van der Waals surface area contributed by atoms with E-state index in [0.29, 0.717) is 17.5 Å². The number of ether oxygens (including phenoxy) is 1. The second kappa shape index (κ2) is 4.35.